The number of rotatable bonds is 4. The van der Waals surface area contributed by atoms with E-state index in [0.29, 0.717) is 23.7 Å². The quantitative estimate of drug-likeness (QED) is 0.603. The third kappa shape index (κ3) is 4.37. The molecule has 4 rings (SSSR count). The van der Waals surface area contributed by atoms with Gasteiger partial charge in [-0.15, -0.1) is 0 Å². The van der Waals surface area contributed by atoms with E-state index in [4.69, 9.17) is 16.3 Å². The van der Waals surface area contributed by atoms with E-state index in [1.165, 1.54) is 0 Å². The molecule has 0 saturated carbocycles. The zero-order chi connectivity index (χ0) is 22.0. The smallest absolute Gasteiger partial charge is 0.254 e. The molecule has 5 nitrogen and oxygen atoms in total. The van der Waals surface area contributed by atoms with E-state index in [2.05, 4.69) is 5.32 Å². The minimum atomic E-state index is -0.253. The van der Waals surface area contributed by atoms with Gasteiger partial charge in [0.2, 0.25) is 5.91 Å². The number of nitrogens with one attached hydrogen (secondary N) is 1. The van der Waals surface area contributed by atoms with Crippen LogP contribution in [0.5, 0.6) is 5.75 Å². The first-order valence-electron chi connectivity index (χ1n) is 10.4. The Bertz CT molecular complexity index is 1140. The zero-order valence-corrected chi connectivity index (χ0v) is 18.4. The van der Waals surface area contributed by atoms with Crippen molar-refractivity contribution in [2.45, 2.75) is 19.8 Å². The number of likely N-dealkylation sites (tertiary alicyclic amines) is 1. The van der Waals surface area contributed by atoms with Gasteiger partial charge < -0.3 is 15.0 Å². The number of benzene rings is 3. The number of methoxy groups -OCH3 is 1. The minimum absolute atomic E-state index is 0.0565. The van der Waals surface area contributed by atoms with Crippen LogP contribution in [0.2, 0.25) is 5.02 Å². The molecule has 1 unspecified atom stereocenters. The lowest BCUT2D eigenvalue weighted by molar-refractivity contribution is -0.121. The fourth-order valence-corrected chi connectivity index (χ4v) is 4.41. The first kappa shape index (κ1) is 21.2. The van der Waals surface area contributed by atoms with Gasteiger partial charge in [-0.25, -0.2) is 0 Å². The van der Waals surface area contributed by atoms with Crippen molar-refractivity contribution in [1.29, 1.82) is 0 Å². The molecule has 1 saturated heterocycles. The second kappa shape index (κ2) is 8.98. The molecule has 31 heavy (non-hydrogen) atoms. The Morgan fingerprint density at radius 3 is 2.61 bits per heavy atom. The van der Waals surface area contributed by atoms with Crippen LogP contribution in [0, 0.1) is 12.8 Å². The molecule has 1 fully saturated rings. The second-order valence-electron chi connectivity index (χ2n) is 7.90. The Labute approximate surface area is 186 Å². The van der Waals surface area contributed by atoms with Gasteiger partial charge in [0.15, 0.2) is 0 Å². The number of aryl methyl sites for hydroxylation is 1. The molecular formula is C25H25ClN2O3. The monoisotopic (exact) mass is 436 g/mol. The molecule has 3 aromatic rings. The van der Waals surface area contributed by atoms with Crippen molar-refractivity contribution in [2.24, 2.45) is 5.92 Å². The molecule has 1 heterocycles. The molecule has 1 atom stereocenters. The van der Waals surface area contributed by atoms with Gasteiger partial charge in [-0.1, -0.05) is 35.9 Å². The number of ether oxygens (including phenoxy) is 1. The maximum absolute atomic E-state index is 13.4. The normalized spacial score (nSPS) is 16.2. The van der Waals surface area contributed by atoms with Crippen molar-refractivity contribution in [3.8, 4) is 5.75 Å². The van der Waals surface area contributed by atoms with Crippen molar-refractivity contribution in [3.05, 3.63) is 70.7 Å². The molecule has 160 valence electrons. The van der Waals surface area contributed by atoms with E-state index >= 15 is 0 Å². The van der Waals surface area contributed by atoms with Crippen LogP contribution in [0.3, 0.4) is 0 Å². The summed E-state index contributed by atoms with van der Waals surface area (Å²) >= 11 is 6.01. The maximum Gasteiger partial charge on any atom is 0.254 e. The number of carbonyl (C=O) groups is 2. The summed E-state index contributed by atoms with van der Waals surface area (Å²) in [5.41, 5.74) is 2.29. The van der Waals surface area contributed by atoms with Crippen molar-refractivity contribution in [3.63, 3.8) is 0 Å². The molecule has 0 aliphatic carbocycles. The van der Waals surface area contributed by atoms with Gasteiger partial charge in [0.05, 0.1) is 13.0 Å². The number of fused-ring (bicyclic) bond motifs is 1. The summed E-state index contributed by atoms with van der Waals surface area (Å²) in [4.78, 5) is 28.1. The van der Waals surface area contributed by atoms with Crippen LogP contribution >= 0.6 is 11.6 Å². The van der Waals surface area contributed by atoms with Crippen LogP contribution in [0.1, 0.15) is 28.8 Å². The van der Waals surface area contributed by atoms with Crippen LogP contribution < -0.4 is 10.1 Å². The molecule has 0 aromatic heterocycles. The number of piperidine rings is 1. The van der Waals surface area contributed by atoms with Gasteiger partial charge in [-0.2, -0.15) is 0 Å². The average molecular weight is 437 g/mol. The first-order chi connectivity index (χ1) is 15.0. The van der Waals surface area contributed by atoms with E-state index in [-0.39, 0.29) is 17.7 Å². The van der Waals surface area contributed by atoms with Crippen molar-refractivity contribution < 1.29 is 14.3 Å². The number of amides is 2. The predicted molar refractivity (Wildman–Crippen MR) is 124 cm³/mol. The summed E-state index contributed by atoms with van der Waals surface area (Å²) in [5.74, 6) is 0.361. The SMILES string of the molecule is COc1ccc(C(=O)N2CCCC(C(=O)Nc3ccc(Cl)cc3C)C2)c2ccccc12. The Morgan fingerprint density at radius 2 is 1.87 bits per heavy atom. The van der Waals surface area contributed by atoms with Gasteiger partial charge in [0, 0.05) is 34.7 Å². The van der Waals surface area contributed by atoms with Crippen LogP contribution in [0.4, 0.5) is 5.69 Å². The van der Waals surface area contributed by atoms with Crippen LogP contribution in [-0.4, -0.2) is 36.9 Å². The largest absolute Gasteiger partial charge is 0.496 e. The maximum atomic E-state index is 13.4. The second-order valence-corrected chi connectivity index (χ2v) is 8.34. The third-order valence-corrected chi connectivity index (χ3v) is 6.10. The standard InChI is InChI=1S/C25H25ClN2O3/c1-16-14-18(26)9-11-22(16)27-24(29)17-6-5-13-28(15-17)25(30)21-10-12-23(31-2)20-8-4-3-7-19(20)21/h3-4,7-12,14,17H,5-6,13,15H2,1-2H3,(H,27,29). The lowest BCUT2D eigenvalue weighted by Gasteiger charge is -2.32. The summed E-state index contributed by atoms with van der Waals surface area (Å²) < 4.78 is 5.44. The predicted octanol–water partition coefficient (Wildman–Crippen LogP) is 5.30. The fourth-order valence-electron chi connectivity index (χ4n) is 4.18. The summed E-state index contributed by atoms with van der Waals surface area (Å²) in [6.07, 6.45) is 1.54. The van der Waals surface area contributed by atoms with Gasteiger partial charge in [-0.05, 0) is 61.0 Å². The molecule has 3 aromatic carbocycles. The van der Waals surface area contributed by atoms with Gasteiger partial charge in [-0.3, -0.25) is 9.59 Å². The van der Waals surface area contributed by atoms with Gasteiger partial charge >= 0.3 is 0 Å². The molecule has 6 heteroatoms. The Kier molecular flexibility index (Phi) is 6.14. The number of carbonyl (C=O) groups excluding carboxylic acids is 2. The van der Waals surface area contributed by atoms with Crippen LogP contribution in [0.25, 0.3) is 10.8 Å². The molecular weight excluding hydrogens is 412 g/mol. The average Bonchev–Trinajstić information content (AvgIpc) is 2.79. The highest BCUT2D eigenvalue weighted by molar-refractivity contribution is 6.30. The number of anilines is 1. The van der Waals surface area contributed by atoms with E-state index in [1.807, 2.05) is 55.5 Å². The lowest BCUT2D eigenvalue weighted by Crippen LogP contribution is -2.43. The van der Waals surface area contributed by atoms with Crippen molar-refractivity contribution >= 4 is 39.9 Å². The number of halogens is 1. The summed E-state index contributed by atoms with van der Waals surface area (Å²) in [5, 5.41) is 5.39. The van der Waals surface area contributed by atoms with Crippen molar-refractivity contribution in [1.82, 2.24) is 4.90 Å². The van der Waals surface area contributed by atoms with Crippen molar-refractivity contribution in [2.75, 3.05) is 25.5 Å². The highest BCUT2D eigenvalue weighted by atomic mass is 35.5. The number of hydrogen-bond donors (Lipinski definition) is 1. The zero-order valence-electron chi connectivity index (χ0n) is 17.7. The minimum Gasteiger partial charge on any atom is -0.496 e. The summed E-state index contributed by atoms with van der Waals surface area (Å²) in [7, 11) is 1.62. The Hall–Kier alpha value is -3.05. The molecule has 0 radical (unpaired) electrons. The van der Waals surface area contributed by atoms with Crippen LogP contribution in [-0.2, 0) is 4.79 Å². The molecule has 2 amide bonds. The Morgan fingerprint density at radius 1 is 1.10 bits per heavy atom. The molecule has 1 aliphatic heterocycles. The Balaban J connectivity index is 1.53. The topological polar surface area (TPSA) is 58.6 Å². The first-order valence-corrected chi connectivity index (χ1v) is 10.8. The van der Waals surface area contributed by atoms with Gasteiger partial charge in [0.1, 0.15) is 5.75 Å². The molecule has 1 aliphatic rings. The van der Waals surface area contributed by atoms with Crippen LogP contribution in [0.15, 0.2) is 54.6 Å². The number of hydrogen-bond acceptors (Lipinski definition) is 3. The van der Waals surface area contributed by atoms with E-state index < -0.39 is 0 Å². The van der Waals surface area contributed by atoms with E-state index in [9.17, 15) is 9.59 Å². The highest BCUT2D eigenvalue weighted by Gasteiger charge is 2.30. The molecule has 0 bridgehead atoms. The fraction of sp³-hybridized carbons (Fsp3) is 0.280. The van der Waals surface area contributed by atoms with E-state index in [1.54, 1.807) is 18.1 Å². The summed E-state index contributed by atoms with van der Waals surface area (Å²) in [6.45, 7) is 2.95. The van der Waals surface area contributed by atoms with E-state index in [0.717, 1.165) is 40.6 Å². The summed E-state index contributed by atoms with van der Waals surface area (Å²) in [6, 6.07) is 16.8. The third-order valence-electron chi connectivity index (χ3n) is 5.86. The molecule has 1 N–H and O–H groups in total. The molecule has 0 spiro atoms. The van der Waals surface area contributed by atoms with Gasteiger partial charge in [0.25, 0.3) is 5.91 Å². The lowest BCUT2D eigenvalue weighted by atomic mass is 9.95. The highest BCUT2D eigenvalue weighted by Crippen LogP contribution is 2.30. The number of nitrogens with zero attached hydrogens (tertiary/aromatic N) is 1.